The second-order valence-electron chi connectivity index (χ2n) is 4.43. The van der Waals surface area contributed by atoms with Crippen molar-refractivity contribution in [3.8, 4) is 0 Å². The van der Waals surface area contributed by atoms with Crippen molar-refractivity contribution in [3.05, 3.63) is 0 Å². The van der Waals surface area contributed by atoms with Crippen LogP contribution in [0.4, 0.5) is 0 Å². The predicted octanol–water partition coefficient (Wildman–Crippen LogP) is 4.08. The van der Waals surface area contributed by atoms with E-state index in [4.69, 9.17) is 0 Å². The average Bonchev–Trinajstić information content (AvgIpc) is 2.50. The molecule has 0 saturated carbocycles. The molecule has 1 fully saturated rings. The maximum atomic E-state index is 3.76. The zero-order valence-corrected chi connectivity index (χ0v) is 11.1. The van der Waals surface area contributed by atoms with Crippen LogP contribution in [0.3, 0.4) is 0 Å². The van der Waals surface area contributed by atoms with E-state index in [2.05, 4.69) is 62.3 Å². The highest BCUT2D eigenvalue weighted by atomic mass is 79.9. The molecule has 72 valence electrons. The van der Waals surface area contributed by atoms with Gasteiger partial charge in [0, 0.05) is 14.3 Å². The summed E-state index contributed by atoms with van der Waals surface area (Å²) in [5.74, 6) is 0.766. The van der Waals surface area contributed by atoms with E-state index >= 15 is 0 Å². The number of halogens is 1. The monoisotopic (exact) mass is 250 g/mol. The van der Waals surface area contributed by atoms with E-state index in [-0.39, 0.29) is 0 Å². The molecular formula is C10H19BrS. The van der Waals surface area contributed by atoms with Crippen molar-refractivity contribution in [2.24, 2.45) is 5.92 Å². The molecule has 0 amide bonds. The summed E-state index contributed by atoms with van der Waals surface area (Å²) in [5, 5.41) is 0. The fraction of sp³-hybridized carbons (Fsp3) is 1.00. The van der Waals surface area contributed by atoms with Gasteiger partial charge >= 0.3 is 0 Å². The van der Waals surface area contributed by atoms with Gasteiger partial charge in [-0.2, -0.15) is 0 Å². The van der Waals surface area contributed by atoms with Gasteiger partial charge in [-0.15, -0.1) is 11.8 Å². The molecule has 0 aromatic carbocycles. The third kappa shape index (κ3) is 1.57. The zero-order chi connectivity index (χ0) is 9.57. The maximum Gasteiger partial charge on any atom is 0.0315 e. The number of thioether (sulfide) groups is 1. The first-order valence-corrected chi connectivity index (χ1v) is 6.42. The predicted molar refractivity (Wildman–Crippen MR) is 62.2 cm³/mol. The number of hydrogen-bond donors (Lipinski definition) is 0. The van der Waals surface area contributed by atoms with Crippen LogP contribution in [0.15, 0.2) is 0 Å². The molecule has 0 N–H and O–H groups in total. The highest BCUT2D eigenvalue weighted by Gasteiger charge is 2.62. The summed E-state index contributed by atoms with van der Waals surface area (Å²) in [6, 6.07) is 0. The molecule has 12 heavy (non-hydrogen) atoms. The van der Waals surface area contributed by atoms with Gasteiger partial charge in [0.25, 0.3) is 0 Å². The van der Waals surface area contributed by atoms with Crippen LogP contribution in [0.2, 0.25) is 0 Å². The van der Waals surface area contributed by atoms with E-state index in [1.807, 2.05) is 0 Å². The molecule has 0 aromatic rings. The number of alkyl halides is 1. The largest absolute Gasteiger partial charge is 0.146 e. The minimum Gasteiger partial charge on any atom is -0.146 e. The van der Waals surface area contributed by atoms with Gasteiger partial charge < -0.3 is 0 Å². The topological polar surface area (TPSA) is 0 Å². The standard InChI is InChI=1S/C10H19BrS/c1-6-8(11)7(2)10(5)9(3,4)12-10/h7-8H,6H2,1-5H3/t7-,8+,10+/m0/s1. The van der Waals surface area contributed by atoms with Gasteiger partial charge in [-0.3, -0.25) is 0 Å². The van der Waals surface area contributed by atoms with Gasteiger partial charge in [0.05, 0.1) is 0 Å². The Bertz CT molecular complexity index is 179. The Labute approximate surface area is 89.0 Å². The first-order chi connectivity index (χ1) is 5.35. The molecule has 1 aliphatic rings. The van der Waals surface area contributed by atoms with Crippen LogP contribution in [0.25, 0.3) is 0 Å². The normalized spacial score (nSPS) is 37.5. The second-order valence-corrected chi connectivity index (χ2v) is 7.68. The third-order valence-corrected chi connectivity index (χ3v) is 6.90. The first-order valence-electron chi connectivity index (χ1n) is 4.69. The Hall–Kier alpha value is 0.830. The molecule has 2 heteroatoms. The molecule has 1 aliphatic heterocycles. The van der Waals surface area contributed by atoms with E-state index in [9.17, 15) is 0 Å². The van der Waals surface area contributed by atoms with E-state index in [1.165, 1.54) is 6.42 Å². The van der Waals surface area contributed by atoms with Gasteiger partial charge in [-0.1, -0.05) is 29.8 Å². The van der Waals surface area contributed by atoms with E-state index < -0.39 is 0 Å². The Kier molecular flexibility index (Phi) is 2.91. The summed E-state index contributed by atoms with van der Waals surface area (Å²) in [4.78, 5) is 0.678. The highest BCUT2D eigenvalue weighted by molar-refractivity contribution is 9.09. The van der Waals surface area contributed by atoms with E-state index in [1.54, 1.807) is 0 Å². The molecular weight excluding hydrogens is 232 g/mol. The Morgan fingerprint density at radius 3 is 2.00 bits per heavy atom. The minimum atomic E-state index is 0.494. The quantitative estimate of drug-likeness (QED) is 0.538. The van der Waals surface area contributed by atoms with Crippen LogP contribution in [0.1, 0.15) is 41.0 Å². The maximum absolute atomic E-state index is 3.76. The van der Waals surface area contributed by atoms with Crippen LogP contribution in [-0.4, -0.2) is 14.3 Å². The van der Waals surface area contributed by atoms with Crippen LogP contribution in [0.5, 0.6) is 0 Å². The molecule has 0 bridgehead atoms. The van der Waals surface area contributed by atoms with Crippen molar-refractivity contribution >= 4 is 27.7 Å². The number of hydrogen-bond acceptors (Lipinski definition) is 1. The first kappa shape index (κ1) is 10.9. The molecule has 0 aliphatic carbocycles. The second kappa shape index (κ2) is 3.20. The molecule has 1 saturated heterocycles. The zero-order valence-electron chi connectivity index (χ0n) is 8.65. The third-order valence-electron chi connectivity index (χ3n) is 3.42. The smallest absolute Gasteiger partial charge is 0.0315 e. The summed E-state index contributed by atoms with van der Waals surface area (Å²) >= 11 is 5.87. The lowest BCUT2D eigenvalue weighted by Gasteiger charge is -2.25. The summed E-state index contributed by atoms with van der Waals surface area (Å²) < 4.78 is 0.991. The van der Waals surface area contributed by atoms with Gasteiger partial charge in [-0.25, -0.2) is 0 Å². The highest BCUT2D eigenvalue weighted by Crippen LogP contribution is 2.67. The fourth-order valence-electron chi connectivity index (χ4n) is 1.84. The van der Waals surface area contributed by atoms with Crippen LogP contribution >= 0.6 is 27.7 Å². The summed E-state index contributed by atoms with van der Waals surface area (Å²) in [7, 11) is 0. The minimum absolute atomic E-state index is 0.494. The van der Waals surface area contributed by atoms with Crippen molar-refractivity contribution in [2.45, 2.75) is 55.4 Å². The number of rotatable bonds is 3. The van der Waals surface area contributed by atoms with E-state index in [0.717, 1.165) is 5.92 Å². The van der Waals surface area contributed by atoms with E-state index in [0.29, 0.717) is 14.3 Å². The van der Waals surface area contributed by atoms with Gasteiger partial charge in [0.2, 0.25) is 0 Å². The molecule has 0 aromatic heterocycles. The van der Waals surface area contributed by atoms with Crippen molar-refractivity contribution in [1.82, 2.24) is 0 Å². The van der Waals surface area contributed by atoms with Crippen molar-refractivity contribution < 1.29 is 0 Å². The fourth-order valence-corrected chi connectivity index (χ4v) is 4.09. The lowest BCUT2D eigenvalue weighted by atomic mass is 9.84. The van der Waals surface area contributed by atoms with Crippen LogP contribution in [-0.2, 0) is 0 Å². The van der Waals surface area contributed by atoms with Gasteiger partial charge in [-0.05, 0) is 33.1 Å². The van der Waals surface area contributed by atoms with Gasteiger partial charge in [0.1, 0.15) is 0 Å². The van der Waals surface area contributed by atoms with Crippen LogP contribution < -0.4 is 0 Å². The molecule has 0 unspecified atom stereocenters. The lowest BCUT2D eigenvalue weighted by molar-refractivity contribution is 0.413. The average molecular weight is 251 g/mol. The Morgan fingerprint density at radius 1 is 1.33 bits per heavy atom. The van der Waals surface area contributed by atoms with Gasteiger partial charge in [0.15, 0.2) is 0 Å². The molecule has 1 heterocycles. The van der Waals surface area contributed by atoms with Crippen molar-refractivity contribution in [3.63, 3.8) is 0 Å². The molecule has 1 rings (SSSR count). The molecule has 0 radical (unpaired) electrons. The summed E-state index contributed by atoms with van der Waals surface area (Å²) in [6.45, 7) is 11.7. The van der Waals surface area contributed by atoms with Crippen molar-refractivity contribution in [2.75, 3.05) is 0 Å². The Balaban J connectivity index is 2.61. The summed E-state index contributed by atoms with van der Waals surface area (Å²) in [6.07, 6.45) is 1.23. The Morgan fingerprint density at radius 2 is 1.75 bits per heavy atom. The van der Waals surface area contributed by atoms with Crippen molar-refractivity contribution in [1.29, 1.82) is 0 Å². The molecule has 0 spiro atoms. The summed E-state index contributed by atoms with van der Waals surface area (Å²) in [5.41, 5.74) is 0. The molecule has 0 nitrogen and oxygen atoms in total. The molecule has 3 atom stereocenters. The lowest BCUT2D eigenvalue weighted by Crippen LogP contribution is -2.30. The van der Waals surface area contributed by atoms with Crippen LogP contribution in [0, 0.1) is 5.92 Å². The SMILES string of the molecule is CC[C@@H](Br)[C@H](C)[C@@]1(C)SC1(C)C.